The summed E-state index contributed by atoms with van der Waals surface area (Å²) in [5.41, 5.74) is 9.67. The fourth-order valence-electron chi connectivity index (χ4n) is 3.24. The largest absolute Gasteiger partial charge is 0.383 e. The number of rotatable bonds is 8. The van der Waals surface area contributed by atoms with Crippen LogP contribution in [0.5, 0.6) is 0 Å². The number of hydrogen-bond donors (Lipinski definition) is 2. The van der Waals surface area contributed by atoms with Gasteiger partial charge in [-0.15, -0.1) is 0 Å². The maximum Gasteiger partial charge on any atom is 0.257 e. The molecular formula is C23H25N7O2. The molecule has 0 fully saturated rings. The summed E-state index contributed by atoms with van der Waals surface area (Å²) in [7, 11) is 0. The first-order chi connectivity index (χ1) is 15.5. The molecule has 0 atom stereocenters. The summed E-state index contributed by atoms with van der Waals surface area (Å²) in [6.45, 7) is 4.97. The highest BCUT2D eigenvalue weighted by atomic mass is 16.5. The van der Waals surface area contributed by atoms with Crippen LogP contribution >= 0.6 is 0 Å². The maximum absolute atomic E-state index is 13.0. The molecule has 1 amide bonds. The van der Waals surface area contributed by atoms with Crippen molar-refractivity contribution in [1.82, 2.24) is 24.9 Å². The number of para-hydroxylation sites is 2. The molecule has 0 bridgehead atoms. The molecule has 0 unspecified atom stereocenters. The third kappa shape index (κ3) is 4.57. The maximum atomic E-state index is 13.0. The van der Waals surface area contributed by atoms with Crippen molar-refractivity contribution in [3.63, 3.8) is 0 Å². The Kier molecular flexibility index (Phi) is 6.37. The lowest BCUT2D eigenvalue weighted by atomic mass is 10.2. The molecule has 4 rings (SSSR count). The third-order valence-electron chi connectivity index (χ3n) is 4.79. The molecule has 0 radical (unpaired) electrons. The van der Waals surface area contributed by atoms with Gasteiger partial charge in [0.05, 0.1) is 23.4 Å². The van der Waals surface area contributed by atoms with Crippen LogP contribution < -0.4 is 11.1 Å². The number of nitrogens with two attached hydrogens (primary N) is 1. The molecule has 9 heteroatoms. The van der Waals surface area contributed by atoms with Gasteiger partial charge in [-0.05, 0) is 50.1 Å². The van der Waals surface area contributed by atoms with Gasteiger partial charge < -0.3 is 15.8 Å². The number of aromatic nitrogens is 4. The summed E-state index contributed by atoms with van der Waals surface area (Å²) in [6, 6.07) is 11.1. The minimum Gasteiger partial charge on any atom is -0.383 e. The SMILES string of the molecule is CC(C)OCCCNC(=O)c1c(N)n(/N=C/c2ccncc2)c2nc3ccccc3nc12. The monoisotopic (exact) mass is 431 g/mol. The first-order valence-corrected chi connectivity index (χ1v) is 10.5. The van der Waals surface area contributed by atoms with E-state index < -0.39 is 0 Å². The van der Waals surface area contributed by atoms with Crippen LogP contribution in [0, 0.1) is 0 Å². The number of nitrogens with one attached hydrogen (secondary N) is 1. The number of carbonyl (C=O) groups excluding carboxylic acids is 1. The molecule has 3 heterocycles. The quantitative estimate of drug-likeness (QED) is 0.327. The summed E-state index contributed by atoms with van der Waals surface area (Å²) in [5.74, 6) is -0.143. The van der Waals surface area contributed by atoms with Crippen molar-refractivity contribution in [3.05, 3.63) is 59.9 Å². The smallest absolute Gasteiger partial charge is 0.257 e. The zero-order valence-corrected chi connectivity index (χ0v) is 18.0. The second-order valence-corrected chi connectivity index (χ2v) is 7.51. The van der Waals surface area contributed by atoms with E-state index in [1.807, 2.05) is 50.2 Å². The lowest BCUT2D eigenvalue weighted by Gasteiger charge is -2.08. The molecule has 3 N–H and O–H groups in total. The Hall–Kier alpha value is -3.85. The van der Waals surface area contributed by atoms with Gasteiger partial charge in [-0.1, -0.05) is 12.1 Å². The highest BCUT2D eigenvalue weighted by Gasteiger charge is 2.23. The number of pyridine rings is 1. The topological polar surface area (TPSA) is 120 Å². The van der Waals surface area contributed by atoms with Crippen molar-refractivity contribution in [2.45, 2.75) is 26.4 Å². The van der Waals surface area contributed by atoms with Gasteiger partial charge in [0.25, 0.3) is 5.91 Å². The van der Waals surface area contributed by atoms with E-state index in [9.17, 15) is 4.79 Å². The molecule has 0 aliphatic carbocycles. The van der Waals surface area contributed by atoms with Gasteiger partial charge in [-0.2, -0.15) is 9.78 Å². The lowest BCUT2D eigenvalue weighted by Crippen LogP contribution is -2.26. The summed E-state index contributed by atoms with van der Waals surface area (Å²) < 4.78 is 6.97. The highest BCUT2D eigenvalue weighted by Crippen LogP contribution is 2.27. The molecule has 32 heavy (non-hydrogen) atoms. The molecule has 0 aliphatic rings. The van der Waals surface area contributed by atoms with E-state index in [0.29, 0.717) is 41.8 Å². The normalized spacial score (nSPS) is 11.7. The van der Waals surface area contributed by atoms with E-state index in [-0.39, 0.29) is 23.4 Å². The van der Waals surface area contributed by atoms with E-state index in [1.54, 1.807) is 18.6 Å². The molecule has 0 saturated carbocycles. The molecule has 164 valence electrons. The number of hydrogen-bond acceptors (Lipinski definition) is 7. The molecule has 0 aliphatic heterocycles. The molecule has 3 aromatic heterocycles. The molecule has 9 nitrogen and oxygen atoms in total. The molecule has 0 spiro atoms. The van der Waals surface area contributed by atoms with Gasteiger partial charge in [0, 0.05) is 25.5 Å². The summed E-state index contributed by atoms with van der Waals surface area (Å²) in [5, 5.41) is 7.38. The predicted octanol–water partition coefficient (Wildman–Crippen LogP) is 2.99. The molecule has 1 aromatic carbocycles. The van der Waals surface area contributed by atoms with Gasteiger partial charge >= 0.3 is 0 Å². The second kappa shape index (κ2) is 9.52. The van der Waals surface area contributed by atoms with Gasteiger partial charge in [0.15, 0.2) is 5.65 Å². The Labute approximate surface area is 185 Å². The van der Waals surface area contributed by atoms with Crippen molar-refractivity contribution in [2.24, 2.45) is 5.10 Å². The number of nitrogens with zero attached hydrogens (tertiary/aromatic N) is 5. The lowest BCUT2D eigenvalue weighted by molar-refractivity contribution is 0.0757. The van der Waals surface area contributed by atoms with Gasteiger partial charge in [-0.25, -0.2) is 9.97 Å². The summed E-state index contributed by atoms with van der Waals surface area (Å²) in [4.78, 5) is 26.4. The van der Waals surface area contributed by atoms with Crippen molar-refractivity contribution in [1.29, 1.82) is 0 Å². The Bertz CT molecular complexity index is 1270. The standard InChI is InChI=1S/C23H25N7O2/c1-15(2)32-13-5-10-26-23(31)19-20-22(29-18-7-4-3-6-17(18)28-20)30(21(19)24)27-14-16-8-11-25-12-9-16/h3-4,6-9,11-12,14-15H,5,10,13,24H2,1-2H3,(H,26,31)/b27-14+. The predicted molar refractivity (Wildman–Crippen MR) is 125 cm³/mol. The van der Waals surface area contributed by atoms with Crippen LogP contribution in [0.15, 0.2) is 53.9 Å². The first-order valence-electron chi connectivity index (χ1n) is 10.5. The number of anilines is 1. The minimum atomic E-state index is -0.320. The van der Waals surface area contributed by atoms with Crippen LogP contribution in [0.25, 0.3) is 22.2 Å². The average Bonchev–Trinajstić information content (AvgIpc) is 3.06. The van der Waals surface area contributed by atoms with Crippen LogP contribution in [0.2, 0.25) is 0 Å². The fourth-order valence-corrected chi connectivity index (χ4v) is 3.24. The third-order valence-corrected chi connectivity index (χ3v) is 4.79. The number of nitrogen functional groups attached to an aromatic ring is 1. The molecular weight excluding hydrogens is 406 g/mol. The van der Waals surface area contributed by atoms with Gasteiger partial charge in [-0.3, -0.25) is 9.78 Å². The Morgan fingerprint density at radius 1 is 1.19 bits per heavy atom. The second-order valence-electron chi connectivity index (χ2n) is 7.51. The summed E-state index contributed by atoms with van der Waals surface area (Å²) in [6.07, 6.45) is 5.83. The number of carbonyl (C=O) groups is 1. The van der Waals surface area contributed by atoms with Gasteiger partial charge in [0.1, 0.15) is 16.9 Å². The van der Waals surface area contributed by atoms with Crippen molar-refractivity contribution >= 4 is 40.1 Å². The van der Waals surface area contributed by atoms with Crippen LogP contribution in [0.3, 0.4) is 0 Å². The number of ether oxygens (including phenoxy) is 1. The first kappa shape index (κ1) is 21.4. The summed E-state index contributed by atoms with van der Waals surface area (Å²) >= 11 is 0. The number of fused-ring (bicyclic) bond motifs is 2. The Morgan fingerprint density at radius 2 is 1.91 bits per heavy atom. The van der Waals surface area contributed by atoms with Crippen molar-refractivity contribution < 1.29 is 9.53 Å². The van der Waals surface area contributed by atoms with E-state index >= 15 is 0 Å². The van der Waals surface area contributed by atoms with E-state index in [4.69, 9.17) is 10.5 Å². The zero-order chi connectivity index (χ0) is 22.5. The van der Waals surface area contributed by atoms with Crippen LogP contribution in [0.1, 0.15) is 36.2 Å². The zero-order valence-electron chi connectivity index (χ0n) is 18.0. The van der Waals surface area contributed by atoms with E-state index in [2.05, 4.69) is 25.4 Å². The van der Waals surface area contributed by atoms with Crippen molar-refractivity contribution in [3.8, 4) is 0 Å². The number of benzene rings is 1. The Balaban J connectivity index is 1.71. The number of amides is 1. The van der Waals surface area contributed by atoms with E-state index in [1.165, 1.54) is 4.68 Å². The minimum absolute atomic E-state index is 0.154. The highest BCUT2D eigenvalue weighted by molar-refractivity contribution is 6.10. The van der Waals surface area contributed by atoms with Crippen LogP contribution in [-0.2, 0) is 4.74 Å². The molecule has 4 aromatic rings. The van der Waals surface area contributed by atoms with Crippen molar-refractivity contribution in [2.75, 3.05) is 18.9 Å². The van der Waals surface area contributed by atoms with E-state index in [0.717, 1.165) is 5.56 Å². The Morgan fingerprint density at radius 3 is 2.62 bits per heavy atom. The van der Waals surface area contributed by atoms with Crippen LogP contribution in [-0.4, -0.2) is 51.0 Å². The van der Waals surface area contributed by atoms with Gasteiger partial charge in [0.2, 0.25) is 0 Å². The molecule has 0 saturated heterocycles. The fraction of sp³-hybridized carbons (Fsp3) is 0.261. The average molecular weight is 432 g/mol. The van der Waals surface area contributed by atoms with Crippen LogP contribution in [0.4, 0.5) is 5.82 Å².